The Labute approximate surface area is 281 Å². The van der Waals surface area contributed by atoms with Crippen LogP contribution in [-0.2, 0) is 21.3 Å². The predicted molar refractivity (Wildman–Crippen MR) is 181 cm³/mol. The maximum Gasteiger partial charge on any atom is 0.290 e. The van der Waals surface area contributed by atoms with Crippen molar-refractivity contribution in [3.8, 4) is 5.69 Å². The first-order valence-electron chi connectivity index (χ1n) is 15.6. The van der Waals surface area contributed by atoms with Crippen LogP contribution in [0.4, 0.5) is 11.4 Å². The lowest BCUT2D eigenvalue weighted by atomic mass is 9.93. The summed E-state index contributed by atoms with van der Waals surface area (Å²) in [5, 5.41) is 12.4. The summed E-state index contributed by atoms with van der Waals surface area (Å²) in [5.41, 5.74) is 3.67. The van der Waals surface area contributed by atoms with Crippen molar-refractivity contribution in [2.75, 3.05) is 23.4 Å². The van der Waals surface area contributed by atoms with Crippen molar-refractivity contribution >= 4 is 40.7 Å². The van der Waals surface area contributed by atoms with Crippen molar-refractivity contribution in [2.45, 2.75) is 45.3 Å². The number of ether oxygens (including phenoxy) is 2. The summed E-state index contributed by atoms with van der Waals surface area (Å²) in [5.74, 6) is -1.98. The van der Waals surface area contributed by atoms with Gasteiger partial charge in [-0.1, -0.05) is 29.8 Å². The number of aryl methyl sites for hydroxylation is 1. The van der Waals surface area contributed by atoms with Gasteiger partial charge in [-0.3, -0.25) is 23.9 Å². The number of imide groups is 1. The number of hydrogen-bond donors (Lipinski definition) is 2. The van der Waals surface area contributed by atoms with Gasteiger partial charge in [0.25, 0.3) is 23.3 Å². The van der Waals surface area contributed by atoms with E-state index in [0.717, 1.165) is 10.6 Å². The second-order valence-electron chi connectivity index (χ2n) is 11.8. The highest BCUT2D eigenvalue weighted by molar-refractivity contribution is 6.37. The van der Waals surface area contributed by atoms with Crippen LogP contribution in [-0.4, -0.2) is 51.7 Å². The van der Waals surface area contributed by atoms with Gasteiger partial charge >= 0.3 is 0 Å². The second kappa shape index (κ2) is 13.6. The van der Waals surface area contributed by atoms with Crippen molar-refractivity contribution in [3.63, 3.8) is 0 Å². The van der Waals surface area contributed by atoms with Gasteiger partial charge in [-0.2, -0.15) is 0 Å². The van der Waals surface area contributed by atoms with Gasteiger partial charge < -0.3 is 19.9 Å². The molecule has 11 nitrogen and oxygen atoms in total. The number of carbonyl (C=O) groups is 3. The average molecular weight is 671 g/mol. The molecule has 0 radical (unpaired) electrons. The van der Waals surface area contributed by atoms with Crippen molar-refractivity contribution in [1.29, 1.82) is 0 Å². The van der Waals surface area contributed by atoms with Crippen molar-refractivity contribution in [3.05, 3.63) is 122 Å². The minimum Gasteiger partial charge on any atom is -0.459 e. The van der Waals surface area contributed by atoms with E-state index in [4.69, 9.17) is 21.1 Å². The number of unbranched alkanes of at least 4 members (excludes halogenated alkanes) is 1. The molecule has 0 spiro atoms. The van der Waals surface area contributed by atoms with E-state index in [0.29, 0.717) is 59.1 Å². The molecule has 0 fully saturated rings. The van der Waals surface area contributed by atoms with E-state index in [9.17, 15) is 24.3 Å². The Morgan fingerprint density at radius 2 is 1.75 bits per heavy atom. The van der Waals surface area contributed by atoms with E-state index in [1.807, 2.05) is 44.3 Å². The molecular weight excluding hydrogens is 636 g/mol. The molecule has 2 atom stereocenters. The smallest absolute Gasteiger partial charge is 0.290 e. The summed E-state index contributed by atoms with van der Waals surface area (Å²) in [6.07, 6.45) is 2.30. The number of allylic oxidation sites excluding steroid dienone is 1. The molecule has 4 aromatic rings. The summed E-state index contributed by atoms with van der Waals surface area (Å²) in [6, 6.07) is 18.7. The minimum absolute atomic E-state index is 0.00808. The zero-order chi connectivity index (χ0) is 34.1. The topological polar surface area (TPSA) is 132 Å². The fraction of sp³-hybridized carbons (Fsp3) is 0.278. The van der Waals surface area contributed by atoms with E-state index >= 15 is 0 Å². The Bertz CT molecular complexity index is 2000. The number of para-hydroxylation sites is 1. The average Bonchev–Trinajstić information content (AvgIpc) is 3.45. The summed E-state index contributed by atoms with van der Waals surface area (Å²) in [6.45, 7) is 3.94. The highest BCUT2D eigenvalue weighted by Crippen LogP contribution is 2.35. The van der Waals surface area contributed by atoms with Crippen LogP contribution < -0.4 is 15.8 Å². The number of amides is 3. The molecule has 3 heterocycles. The van der Waals surface area contributed by atoms with Gasteiger partial charge in [0.15, 0.2) is 5.76 Å². The van der Waals surface area contributed by atoms with Gasteiger partial charge in [-0.15, -0.1) is 0 Å². The van der Waals surface area contributed by atoms with Gasteiger partial charge in [0.1, 0.15) is 0 Å². The van der Waals surface area contributed by atoms with Gasteiger partial charge in [0, 0.05) is 48.0 Å². The second-order valence-corrected chi connectivity index (χ2v) is 12.2. The number of nitrogens with zero attached hydrogens (tertiary/aromatic N) is 3. The van der Waals surface area contributed by atoms with Gasteiger partial charge in [-0.05, 0) is 86.9 Å². The number of halogens is 1. The Morgan fingerprint density at radius 3 is 2.48 bits per heavy atom. The first kappa shape index (κ1) is 33.0. The third-order valence-electron chi connectivity index (χ3n) is 8.65. The number of hydrogen-bond acceptors (Lipinski definition) is 7. The lowest BCUT2D eigenvalue weighted by Gasteiger charge is -2.29. The van der Waals surface area contributed by atoms with Crippen LogP contribution in [0.5, 0.6) is 0 Å². The third-order valence-corrected chi connectivity index (χ3v) is 8.89. The molecule has 12 heteroatoms. The summed E-state index contributed by atoms with van der Waals surface area (Å²) in [7, 11) is 1.82. The number of benzene rings is 3. The highest BCUT2D eigenvalue weighted by atomic mass is 35.5. The van der Waals surface area contributed by atoms with Gasteiger partial charge in [0.05, 0.1) is 29.1 Å². The zero-order valence-electron chi connectivity index (χ0n) is 26.7. The molecule has 2 aliphatic heterocycles. The van der Waals surface area contributed by atoms with Crippen LogP contribution in [0.2, 0.25) is 5.02 Å². The van der Waals surface area contributed by atoms with Gasteiger partial charge in [0.2, 0.25) is 6.29 Å². The fourth-order valence-electron chi connectivity index (χ4n) is 6.17. The Kier molecular flexibility index (Phi) is 9.36. The van der Waals surface area contributed by atoms with Crippen LogP contribution in [0.1, 0.15) is 62.7 Å². The first-order valence-corrected chi connectivity index (χ1v) is 16.0. The molecule has 3 aromatic carbocycles. The maximum atomic E-state index is 13.8. The van der Waals surface area contributed by atoms with Gasteiger partial charge in [-0.25, -0.2) is 9.58 Å². The Hall–Kier alpha value is -4.97. The summed E-state index contributed by atoms with van der Waals surface area (Å²) < 4.78 is 15.4. The van der Waals surface area contributed by atoms with Crippen LogP contribution in [0, 0.1) is 13.8 Å². The number of carbonyl (C=O) groups excluding carboxylic acids is 3. The molecule has 2 aliphatic rings. The van der Waals surface area contributed by atoms with Crippen LogP contribution in [0.25, 0.3) is 5.69 Å². The monoisotopic (exact) mass is 670 g/mol. The Morgan fingerprint density at radius 1 is 1.00 bits per heavy atom. The molecule has 0 aliphatic carbocycles. The minimum atomic E-state index is -0.810. The lowest BCUT2D eigenvalue weighted by Crippen LogP contribution is -2.31. The Balaban J connectivity index is 1.27. The highest BCUT2D eigenvalue weighted by Gasteiger charge is 2.38. The summed E-state index contributed by atoms with van der Waals surface area (Å²) >= 11 is 6.06. The van der Waals surface area contributed by atoms with Crippen LogP contribution in [0.3, 0.4) is 0 Å². The molecule has 6 rings (SSSR count). The fourth-order valence-corrected chi connectivity index (χ4v) is 6.34. The molecule has 48 heavy (non-hydrogen) atoms. The number of rotatable bonds is 10. The molecule has 1 aromatic heterocycles. The number of nitrogens with one attached hydrogen (secondary N) is 1. The first-order chi connectivity index (χ1) is 23.1. The zero-order valence-corrected chi connectivity index (χ0v) is 27.5. The lowest BCUT2D eigenvalue weighted by molar-refractivity contribution is -0.143. The number of aromatic nitrogens is 2. The molecule has 0 bridgehead atoms. The van der Waals surface area contributed by atoms with E-state index < -0.39 is 29.9 Å². The normalized spacial score (nSPS) is 17.3. The molecule has 0 saturated heterocycles. The molecule has 0 unspecified atom stereocenters. The van der Waals surface area contributed by atoms with E-state index in [1.54, 1.807) is 46.6 Å². The number of aliphatic hydroxyl groups excluding tert-OH is 1. The molecule has 2 N–H and O–H groups in total. The molecule has 0 saturated carbocycles. The van der Waals surface area contributed by atoms with Crippen molar-refractivity contribution in [2.24, 2.45) is 7.05 Å². The van der Waals surface area contributed by atoms with E-state index in [2.05, 4.69) is 5.32 Å². The summed E-state index contributed by atoms with van der Waals surface area (Å²) in [4.78, 5) is 54.8. The predicted octanol–water partition coefficient (Wildman–Crippen LogP) is 5.39. The van der Waals surface area contributed by atoms with E-state index in [1.165, 1.54) is 12.1 Å². The number of anilines is 2. The third kappa shape index (κ3) is 6.19. The van der Waals surface area contributed by atoms with E-state index in [-0.39, 0.29) is 29.1 Å². The SMILES string of the molecule is Cc1cc(NC(=O)C2=C[C@@H](c3c(C)n(C)n(-c4ccccc4)c3=O)C[C@@H](OCCCCO)O2)ccc1N1C(=O)c2ccc(Cl)cc2C1=O. The quantitative estimate of drug-likeness (QED) is 0.171. The molecule has 248 valence electrons. The maximum absolute atomic E-state index is 13.8. The van der Waals surface area contributed by atoms with Crippen LogP contribution >= 0.6 is 11.6 Å². The molecular formula is C36H35ClN4O7. The number of aliphatic hydroxyl groups is 1. The van der Waals surface area contributed by atoms with Crippen molar-refractivity contribution in [1.82, 2.24) is 9.36 Å². The van der Waals surface area contributed by atoms with Crippen LogP contribution in [0.15, 0.2) is 83.4 Å². The van der Waals surface area contributed by atoms with Crippen molar-refractivity contribution < 1.29 is 29.0 Å². The molecule has 3 amide bonds. The standard InChI is InChI=1S/C36H35ClN4O7/c1-21-17-25(12-14-29(21)40-34(44)27-13-11-24(37)20-28(27)35(40)45)38-33(43)30-18-23(19-31(48-30)47-16-8-7-15-42)32-22(2)39(3)41(36(32)46)26-9-5-4-6-10-26/h4-6,9-14,17-18,20,23,31,42H,7-8,15-16,19H2,1-3H3,(H,38,43)/t23-,31+/m1/s1. The largest absolute Gasteiger partial charge is 0.459 e. The number of fused-ring (bicyclic) bond motifs is 1.